The molecule has 3 N–H and O–H groups in total. The number of ether oxygens (including phenoxy) is 1. The van der Waals surface area contributed by atoms with Gasteiger partial charge in [0.15, 0.2) is 5.82 Å². The van der Waals surface area contributed by atoms with Crippen LogP contribution in [-0.4, -0.2) is 27.7 Å². The molecule has 0 radical (unpaired) electrons. The van der Waals surface area contributed by atoms with Gasteiger partial charge in [-0.3, -0.25) is 0 Å². The SMILES string of the molecule is Nc1cc(Br)c(F)c(S(=O)(=O)NC2CCOC2)c1. The number of anilines is 1. The molecule has 8 heteroatoms. The van der Waals surface area contributed by atoms with Gasteiger partial charge in [-0.05, 0) is 34.5 Å². The molecule has 1 unspecified atom stereocenters. The number of sulfonamides is 1. The third-order valence-corrected chi connectivity index (χ3v) is 4.65. The van der Waals surface area contributed by atoms with E-state index in [-0.39, 0.29) is 16.2 Å². The molecule has 1 saturated heterocycles. The maximum Gasteiger partial charge on any atom is 0.243 e. The average Bonchev–Trinajstić information content (AvgIpc) is 2.75. The summed E-state index contributed by atoms with van der Waals surface area (Å²) in [6.45, 7) is 0.792. The highest BCUT2D eigenvalue weighted by Crippen LogP contribution is 2.26. The monoisotopic (exact) mass is 338 g/mol. The molecule has 5 nitrogen and oxygen atoms in total. The summed E-state index contributed by atoms with van der Waals surface area (Å²) in [4.78, 5) is -0.457. The Morgan fingerprint density at radius 2 is 2.22 bits per heavy atom. The van der Waals surface area contributed by atoms with Gasteiger partial charge in [-0.2, -0.15) is 0 Å². The van der Waals surface area contributed by atoms with E-state index in [1.165, 1.54) is 6.07 Å². The minimum atomic E-state index is -3.93. The summed E-state index contributed by atoms with van der Waals surface area (Å²) in [6, 6.07) is 2.08. The van der Waals surface area contributed by atoms with E-state index in [9.17, 15) is 12.8 Å². The second kappa shape index (κ2) is 5.12. The molecule has 0 aromatic heterocycles. The Hall–Kier alpha value is -0.700. The van der Waals surface area contributed by atoms with Crippen LogP contribution in [0.4, 0.5) is 10.1 Å². The van der Waals surface area contributed by atoms with Crippen LogP contribution in [0.3, 0.4) is 0 Å². The first kappa shape index (κ1) is 13.7. The lowest BCUT2D eigenvalue weighted by molar-refractivity contribution is 0.192. The van der Waals surface area contributed by atoms with Crippen LogP contribution in [0.2, 0.25) is 0 Å². The normalized spacial score (nSPS) is 20.2. The number of nitrogens with one attached hydrogen (secondary N) is 1. The lowest BCUT2D eigenvalue weighted by Gasteiger charge is -2.13. The van der Waals surface area contributed by atoms with E-state index in [0.29, 0.717) is 19.6 Å². The molecule has 100 valence electrons. The molecule has 1 aromatic rings. The van der Waals surface area contributed by atoms with Gasteiger partial charge in [0.2, 0.25) is 10.0 Å². The van der Waals surface area contributed by atoms with Crippen molar-refractivity contribution in [1.82, 2.24) is 4.72 Å². The van der Waals surface area contributed by atoms with Crippen molar-refractivity contribution in [3.8, 4) is 0 Å². The first-order valence-electron chi connectivity index (χ1n) is 5.25. The summed E-state index contributed by atoms with van der Waals surface area (Å²) in [5.41, 5.74) is 5.69. The van der Waals surface area contributed by atoms with Crippen molar-refractivity contribution >= 4 is 31.6 Å². The molecule has 1 aliphatic heterocycles. The third kappa shape index (κ3) is 2.82. The molecule has 0 amide bonds. The minimum Gasteiger partial charge on any atom is -0.399 e. The number of hydrogen-bond donors (Lipinski definition) is 2. The topological polar surface area (TPSA) is 81.4 Å². The molecule has 1 atom stereocenters. The predicted octanol–water partition coefficient (Wildman–Crippen LogP) is 1.24. The molecular formula is C10H12BrFN2O3S. The first-order valence-corrected chi connectivity index (χ1v) is 7.52. The van der Waals surface area contributed by atoms with Gasteiger partial charge in [0, 0.05) is 18.3 Å². The van der Waals surface area contributed by atoms with Crippen LogP contribution in [0.15, 0.2) is 21.5 Å². The van der Waals surface area contributed by atoms with Crippen LogP contribution < -0.4 is 10.5 Å². The molecule has 0 aliphatic carbocycles. The smallest absolute Gasteiger partial charge is 0.243 e. The van der Waals surface area contributed by atoms with Gasteiger partial charge >= 0.3 is 0 Å². The second-order valence-electron chi connectivity index (χ2n) is 4.00. The largest absolute Gasteiger partial charge is 0.399 e. The van der Waals surface area contributed by atoms with Crippen LogP contribution in [0.1, 0.15) is 6.42 Å². The van der Waals surface area contributed by atoms with Gasteiger partial charge in [0.05, 0.1) is 11.1 Å². The zero-order valence-electron chi connectivity index (χ0n) is 9.32. The van der Waals surface area contributed by atoms with Crippen molar-refractivity contribution in [2.45, 2.75) is 17.4 Å². The lowest BCUT2D eigenvalue weighted by Crippen LogP contribution is -2.35. The predicted molar refractivity (Wildman–Crippen MR) is 68.1 cm³/mol. The van der Waals surface area contributed by atoms with Gasteiger partial charge in [0.1, 0.15) is 4.90 Å². The molecule has 1 aliphatic rings. The van der Waals surface area contributed by atoms with Crippen LogP contribution in [0, 0.1) is 5.82 Å². The standard InChI is InChI=1S/C10H12BrFN2O3S/c11-8-3-6(13)4-9(10(8)12)18(15,16)14-7-1-2-17-5-7/h3-4,7,14H,1-2,5,13H2. The average molecular weight is 339 g/mol. The van der Waals surface area contributed by atoms with Crippen molar-refractivity contribution in [1.29, 1.82) is 0 Å². The number of hydrogen-bond acceptors (Lipinski definition) is 4. The quantitative estimate of drug-likeness (QED) is 0.812. The third-order valence-electron chi connectivity index (χ3n) is 2.56. The maximum absolute atomic E-state index is 13.8. The van der Waals surface area contributed by atoms with E-state index in [1.54, 1.807) is 0 Å². The highest BCUT2D eigenvalue weighted by atomic mass is 79.9. The second-order valence-corrected chi connectivity index (χ2v) is 6.53. The van der Waals surface area contributed by atoms with Crippen LogP contribution in [-0.2, 0) is 14.8 Å². The van der Waals surface area contributed by atoms with E-state index < -0.39 is 20.7 Å². The summed E-state index contributed by atoms with van der Waals surface area (Å²) in [5, 5.41) is 0. The minimum absolute atomic E-state index is 0.0190. The molecule has 0 spiro atoms. The highest BCUT2D eigenvalue weighted by molar-refractivity contribution is 9.10. The van der Waals surface area contributed by atoms with Crippen molar-refractivity contribution in [2.75, 3.05) is 18.9 Å². The van der Waals surface area contributed by atoms with E-state index in [2.05, 4.69) is 20.7 Å². The van der Waals surface area contributed by atoms with Gasteiger partial charge in [-0.15, -0.1) is 0 Å². The summed E-state index contributed by atoms with van der Waals surface area (Å²) >= 11 is 2.93. The molecule has 18 heavy (non-hydrogen) atoms. The number of halogens is 2. The van der Waals surface area contributed by atoms with E-state index in [4.69, 9.17) is 10.5 Å². The Bertz CT molecular complexity index is 558. The number of nitrogen functional groups attached to an aromatic ring is 1. The number of rotatable bonds is 3. The number of benzene rings is 1. The Balaban J connectivity index is 2.34. The fourth-order valence-corrected chi connectivity index (χ4v) is 3.69. The fraction of sp³-hybridized carbons (Fsp3) is 0.400. The van der Waals surface area contributed by atoms with Gasteiger partial charge in [0.25, 0.3) is 0 Å². The van der Waals surface area contributed by atoms with Crippen LogP contribution in [0.5, 0.6) is 0 Å². The van der Waals surface area contributed by atoms with Crippen molar-refractivity contribution in [3.63, 3.8) is 0 Å². The molecule has 2 rings (SSSR count). The van der Waals surface area contributed by atoms with Gasteiger partial charge < -0.3 is 10.5 Å². The highest BCUT2D eigenvalue weighted by Gasteiger charge is 2.27. The van der Waals surface area contributed by atoms with Crippen LogP contribution in [0.25, 0.3) is 0 Å². The molecule has 1 aromatic carbocycles. The van der Waals surface area contributed by atoms with Crippen molar-refractivity contribution < 1.29 is 17.5 Å². The molecule has 1 fully saturated rings. The van der Waals surface area contributed by atoms with Crippen molar-refractivity contribution in [3.05, 3.63) is 22.4 Å². The Labute approximate surface area is 113 Å². The van der Waals surface area contributed by atoms with E-state index in [1.807, 2.05) is 0 Å². The van der Waals surface area contributed by atoms with Crippen molar-refractivity contribution in [2.24, 2.45) is 0 Å². The number of nitrogens with two attached hydrogens (primary N) is 1. The molecular weight excluding hydrogens is 327 g/mol. The summed E-state index contributed by atoms with van der Waals surface area (Å²) in [5.74, 6) is -0.851. The fourth-order valence-electron chi connectivity index (χ4n) is 1.69. The van der Waals surface area contributed by atoms with Gasteiger partial charge in [-0.1, -0.05) is 0 Å². The zero-order chi connectivity index (χ0) is 13.3. The Morgan fingerprint density at radius 3 is 2.83 bits per heavy atom. The lowest BCUT2D eigenvalue weighted by atomic mass is 10.3. The van der Waals surface area contributed by atoms with Crippen LogP contribution >= 0.6 is 15.9 Å². The Morgan fingerprint density at radius 1 is 1.50 bits per heavy atom. The van der Waals surface area contributed by atoms with E-state index in [0.717, 1.165) is 6.07 Å². The molecule has 0 bridgehead atoms. The first-order chi connectivity index (χ1) is 8.40. The molecule has 1 heterocycles. The van der Waals surface area contributed by atoms with Gasteiger partial charge in [-0.25, -0.2) is 17.5 Å². The Kier molecular flexibility index (Phi) is 3.90. The summed E-state index contributed by atoms with van der Waals surface area (Å²) in [7, 11) is -3.93. The summed E-state index contributed by atoms with van der Waals surface area (Å²) in [6.07, 6.45) is 0.574. The molecule has 0 saturated carbocycles. The summed E-state index contributed by atoms with van der Waals surface area (Å²) < 4.78 is 45.3. The zero-order valence-corrected chi connectivity index (χ0v) is 11.7. The maximum atomic E-state index is 13.8. The van der Waals surface area contributed by atoms with E-state index >= 15 is 0 Å².